The van der Waals surface area contributed by atoms with Crippen LogP contribution in [0.4, 0.5) is 0 Å². The van der Waals surface area contributed by atoms with Gasteiger partial charge in [-0.25, -0.2) is 0 Å². The topological polar surface area (TPSA) is 58.4 Å². The first-order valence-corrected chi connectivity index (χ1v) is 10.1. The Balaban J connectivity index is 1.49. The summed E-state index contributed by atoms with van der Waals surface area (Å²) in [7, 11) is 0. The first-order valence-electron chi connectivity index (χ1n) is 10.1. The van der Waals surface area contributed by atoms with Gasteiger partial charge in [-0.3, -0.25) is 14.3 Å². The molecule has 0 unspecified atom stereocenters. The minimum absolute atomic E-state index is 0.0892. The highest BCUT2D eigenvalue weighted by atomic mass is 16.2. The SMILES string of the molecule is Cc1cc(C)n(CC(=O)N2C[C@H]3CCCC(=O)N(Cc4ccccc4)[C@H]3C2)n1. The lowest BCUT2D eigenvalue weighted by molar-refractivity contribution is -0.135. The molecule has 2 atom stereocenters. The number of aryl methyl sites for hydroxylation is 2. The van der Waals surface area contributed by atoms with Crippen LogP contribution in [0, 0.1) is 19.8 Å². The lowest BCUT2D eigenvalue weighted by Crippen LogP contribution is -2.43. The predicted octanol–water partition coefficient (Wildman–Crippen LogP) is 2.54. The molecule has 0 spiro atoms. The van der Waals surface area contributed by atoms with Crippen LogP contribution in [0.15, 0.2) is 36.4 Å². The quantitative estimate of drug-likeness (QED) is 0.819. The summed E-state index contributed by atoms with van der Waals surface area (Å²) < 4.78 is 1.78. The van der Waals surface area contributed by atoms with Crippen molar-refractivity contribution in [3.63, 3.8) is 0 Å². The monoisotopic (exact) mass is 380 g/mol. The van der Waals surface area contributed by atoms with E-state index >= 15 is 0 Å². The van der Waals surface area contributed by atoms with Crippen LogP contribution >= 0.6 is 0 Å². The van der Waals surface area contributed by atoms with Crippen molar-refractivity contribution in [1.29, 1.82) is 0 Å². The van der Waals surface area contributed by atoms with E-state index in [1.54, 1.807) is 4.68 Å². The summed E-state index contributed by atoms with van der Waals surface area (Å²) in [5.74, 6) is 0.662. The van der Waals surface area contributed by atoms with Gasteiger partial charge in [0.25, 0.3) is 0 Å². The molecule has 2 fully saturated rings. The molecule has 28 heavy (non-hydrogen) atoms. The van der Waals surface area contributed by atoms with E-state index in [9.17, 15) is 9.59 Å². The van der Waals surface area contributed by atoms with E-state index in [0.717, 1.165) is 36.3 Å². The molecule has 0 N–H and O–H groups in total. The third-order valence-electron chi connectivity index (χ3n) is 6.03. The molecule has 0 bridgehead atoms. The zero-order chi connectivity index (χ0) is 19.7. The first-order chi connectivity index (χ1) is 13.5. The Morgan fingerprint density at radius 1 is 1.18 bits per heavy atom. The van der Waals surface area contributed by atoms with Crippen LogP contribution < -0.4 is 0 Å². The van der Waals surface area contributed by atoms with Crippen LogP contribution in [-0.2, 0) is 22.7 Å². The molecule has 148 valence electrons. The molecule has 4 rings (SSSR count). The molecule has 1 aromatic carbocycles. The van der Waals surface area contributed by atoms with E-state index in [1.807, 2.05) is 47.9 Å². The molecule has 6 heteroatoms. The van der Waals surface area contributed by atoms with Gasteiger partial charge >= 0.3 is 0 Å². The molecular weight excluding hydrogens is 352 g/mol. The lowest BCUT2D eigenvalue weighted by Gasteiger charge is -2.30. The van der Waals surface area contributed by atoms with Gasteiger partial charge in [-0.2, -0.15) is 5.10 Å². The van der Waals surface area contributed by atoms with E-state index in [2.05, 4.69) is 17.2 Å². The number of nitrogens with zero attached hydrogens (tertiary/aromatic N) is 4. The minimum atomic E-state index is 0.0892. The van der Waals surface area contributed by atoms with Crippen LogP contribution in [0.3, 0.4) is 0 Å². The second-order valence-corrected chi connectivity index (χ2v) is 8.11. The molecule has 2 aromatic rings. The molecule has 0 aliphatic carbocycles. The van der Waals surface area contributed by atoms with Gasteiger partial charge in [0.2, 0.25) is 11.8 Å². The standard InChI is InChI=1S/C22H28N4O2/c1-16-11-17(2)26(23-16)15-22(28)24-13-19-9-6-10-21(27)25(20(19)14-24)12-18-7-4-3-5-8-18/h3-5,7-8,11,19-20H,6,9-10,12-15H2,1-2H3/t19-,20+/m1/s1. The molecule has 2 aliphatic rings. The van der Waals surface area contributed by atoms with E-state index in [-0.39, 0.29) is 24.4 Å². The van der Waals surface area contributed by atoms with Crippen molar-refractivity contribution in [1.82, 2.24) is 19.6 Å². The second-order valence-electron chi connectivity index (χ2n) is 8.11. The van der Waals surface area contributed by atoms with Crippen LogP contribution in [0.25, 0.3) is 0 Å². The van der Waals surface area contributed by atoms with Crippen molar-refractivity contribution in [3.8, 4) is 0 Å². The molecule has 2 aliphatic heterocycles. The van der Waals surface area contributed by atoms with Gasteiger partial charge in [0.05, 0.1) is 11.7 Å². The zero-order valence-electron chi connectivity index (χ0n) is 16.7. The van der Waals surface area contributed by atoms with Crippen molar-refractivity contribution in [3.05, 3.63) is 53.3 Å². The molecule has 6 nitrogen and oxygen atoms in total. The third-order valence-corrected chi connectivity index (χ3v) is 6.03. The lowest BCUT2D eigenvalue weighted by atomic mass is 9.98. The van der Waals surface area contributed by atoms with Crippen molar-refractivity contribution < 1.29 is 9.59 Å². The van der Waals surface area contributed by atoms with Crippen molar-refractivity contribution in [2.24, 2.45) is 5.92 Å². The average molecular weight is 380 g/mol. The molecule has 3 heterocycles. The van der Waals surface area contributed by atoms with Gasteiger partial charge in [0.1, 0.15) is 6.54 Å². The third kappa shape index (κ3) is 3.81. The van der Waals surface area contributed by atoms with Crippen LogP contribution in [0.5, 0.6) is 0 Å². The number of hydrogen-bond donors (Lipinski definition) is 0. The Bertz CT molecular complexity index is 861. The molecule has 2 amide bonds. The Morgan fingerprint density at radius 3 is 2.68 bits per heavy atom. The predicted molar refractivity (Wildman–Crippen MR) is 106 cm³/mol. The Labute approximate surface area is 166 Å². The Morgan fingerprint density at radius 2 is 1.96 bits per heavy atom. The van der Waals surface area contributed by atoms with Crippen molar-refractivity contribution >= 4 is 11.8 Å². The van der Waals surface area contributed by atoms with Crippen LogP contribution in [-0.4, -0.2) is 50.5 Å². The number of benzene rings is 1. The molecule has 0 radical (unpaired) electrons. The highest BCUT2D eigenvalue weighted by Gasteiger charge is 2.41. The van der Waals surface area contributed by atoms with E-state index in [1.165, 1.54) is 0 Å². The number of carbonyl (C=O) groups excluding carboxylic acids is 2. The van der Waals surface area contributed by atoms with Gasteiger partial charge in [-0.05, 0) is 44.2 Å². The summed E-state index contributed by atoms with van der Waals surface area (Å²) in [6, 6.07) is 12.2. The highest BCUT2D eigenvalue weighted by Crippen LogP contribution is 2.31. The Kier molecular flexibility index (Phi) is 5.20. The zero-order valence-corrected chi connectivity index (χ0v) is 16.7. The normalized spacial score (nSPS) is 22.3. The molecular formula is C22H28N4O2. The van der Waals surface area contributed by atoms with E-state index in [4.69, 9.17) is 0 Å². The van der Waals surface area contributed by atoms with E-state index < -0.39 is 0 Å². The summed E-state index contributed by atoms with van der Waals surface area (Å²) in [5.41, 5.74) is 3.07. The number of carbonyl (C=O) groups is 2. The van der Waals surface area contributed by atoms with Gasteiger partial charge in [-0.1, -0.05) is 30.3 Å². The minimum Gasteiger partial charge on any atom is -0.339 e. The Hall–Kier alpha value is -2.63. The maximum atomic E-state index is 12.9. The van der Waals surface area contributed by atoms with Crippen LogP contribution in [0.2, 0.25) is 0 Å². The maximum absolute atomic E-state index is 12.9. The fraction of sp³-hybridized carbons (Fsp3) is 0.500. The fourth-order valence-corrected chi connectivity index (χ4v) is 4.59. The number of rotatable bonds is 4. The van der Waals surface area contributed by atoms with E-state index in [0.29, 0.717) is 25.4 Å². The largest absolute Gasteiger partial charge is 0.339 e. The number of hydrogen-bond acceptors (Lipinski definition) is 3. The summed E-state index contributed by atoms with van der Waals surface area (Å²) >= 11 is 0. The van der Waals surface area contributed by atoms with Gasteiger partial charge in [0, 0.05) is 31.7 Å². The maximum Gasteiger partial charge on any atom is 0.244 e. The summed E-state index contributed by atoms with van der Waals surface area (Å²) in [6.07, 6.45) is 2.52. The van der Waals surface area contributed by atoms with Crippen molar-refractivity contribution in [2.45, 2.75) is 52.2 Å². The van der Waals surface area contributed by atoms with Gasteiger partial charge < -0.3 is 9.80 Å². The second kappa shape index (κ2) is 7.78. The molecule has 0 saturated carbocycles. The first kappa shape index (κ1) is 18.7. The van der Waals surface area contributed by atoms with Crippen molar-refractivity contribution in [2.75, 3.05) is 13.1 Å². The average Bonchev–Trinajstić information content (AvgIpc) is 3.19. The summed E-state index contributed by atoms with van der Waals surface area (Å²) in [6.45, 7) is 6.17. The number of aromatic nitrogens is 2. The fourth-order valence-electron chi connectivity index (χ4n) is 4.59. The van der Waals surface area contributed by atoms with Gasteiger partial charge in [-0.15, -0.1) is 0 Å². The number of likely N-dealkylation sites (tertiary alicyclic amines) is 2. The highest BCUT2D eigenvalue weighted by molar-refractivity contribution is 5.78. The smallest absolute Gasteiger partial charge is 0.244 e. The molecule has 1 aromatic heterocycles. The summed E-state index contributed by atoms with van der Waals surface area (Å²) in [5, 5.41) is 4.41. The number of amides is 2. The molecule has 2 saturated heterocycles. The van der Waals surface area contributed by atoms with Crippen LogP contribution in [0.1, 0.15) is 36.2 Å². The summed E-state index contributed by atoms with van der Waals surface area (Å²) in [4.78, 5) is 29.6. The number of fused-ring (bicyclic) bond motifs is 1. The van der Waals surface area contributed by atoms with Gasteiger partial charge in [0.15, 0.2) is 0 Å².